The number of nitrogens with one attached hydrogen (secondary N) is 1. The Morgan fingerprint density at radius 1 is 1.37 bits per heavy atom. The molecule has 2 heterocycles. The van der Waals surface area contributed by atoms with Crippen LogP contribution < -0.4 is 5.32 Å². The van der Waals surface area contributed by atoms with Gasteiger partial charge in [-0.05, 0) is 0 Å². The lowest BCUT2D eigenvalue weighted by molar-refractivity contribution is 0.740. The zero-order valence-electron chi connectivity index (χ0n) is 11.3. The molecule has 0 bridgehead atoms. The number of rotatable bonds is 5. The van der Waals surface area contributed by atoms with Crippen molar-refractivity contribution >= 4 is 17.4 Å². The normalized spacial score (nSPS) is 11.0. The van der Waals surface area contributed by atoms with Gasteiger partial charge < -0.3 is 5.32 Å². The van der Waals surface area contributed by atoms with Crippen molar-refractivity contribution in [3.63, 3.8) is 0 Å². The number of halogens is 1. The van der Waals surface area contributed by atoms with E-state index in [9.17, 15) is 0 Å². The van der Waals surface area contributed by atoms with Gasteiger partial charge >= 0.3 is 0 Å². The topological polar surface area (TPSA) is 68.5 Å². The van der Waals surface area contributed by atoms with E-state index in [-0.39, 0.29) is 5.92 Å². The van der Waals surface area contributed by atoms with Gasteiger partial charge in [0.05, 0.1) is 0 Å². The molecule has 1 N–H and O–H groups in total. The van der Waals surface area contributed by atoms with Gasteiger partial charge in [0.25, 0.3) is 0 Å². The Kier molecular flexibility index (Phi) is 4.31. The van der Waals surface area contributed by atoms with Crippen LogP contribution in [-0.2, 0) is 13.5 Å². The Bertz CT molecular complexity index is 551. The molecule has 0 unspecified atom stereocenters. The third kappa shape index (κ3) is 3.89. The highest BCUT2D eigenvalue weighted by molar-refractivity contribution is 6.29. The van der Waals surface area contributed by atoms with E-state index in [1.165, 1.54) is 0 Å². The van der Waals surface area contributed by atoms with Crippen LogP contribution in [0.2, 0.25) is 5.15 Å². The van der Waals surface area contributed by atoms with Crippen molar-refractivity contribution in [1.82, 2.24) is 24.7 Å². The molecule has 2 aromatic rings. The molecule has 0 saturated carbocycles. The van der Waals surface area contributed by atoms with Crippen LogP contribution in [-0.4, -0.2) is 31.3 Å². The fourth-order valence-electron chi connectivity index (χ4n) is 1.58. The standard InChI is InChI=1S/C12H17ClN6/c1-8(2)12-16-9(13)6-11(17-12)14-5-4-10-15-7-19(3)18-10/h6-8H,4-5H2,1-3H3,(H,14,16,17). The number of aryl methyl sites for hydroxylation is 1. The maximum Gasteiger partial charge on any atom is 0.152 e. The van der Waals surface area contributed by atoms with E-state index in [1.807, 2.05) is 20.9 Å². The Morgan fingerprint density at radius 3 is 2.79 bits per heavy atom. The van der Waals surface area contributed by atoms with E-state index >= 15 is 0 Å². The van der Waals surface area contributed by atoms with Crippen molar-refractivity contribution in [3.8, 4) is 0 Å². The van der Waals surface area contributed by atoms with E-state index in [2.05, 4.69) is 25.4 Å². The number of hydrogen-bond acceptors (Lipinski definition) is 5. The van der Waals surface area contributed by atoms with Crippen LogP contribution in [0.5, 0.6) is 0 Å². The smallest absolute Gasteiger partial charge is 0.152 e. The summed E-state index contributed by atoms with van der Waals surface area (Å²) in [5.74, 6) is 2.53. The van der Waals surface area contributed by atoms with Crippen molar-refractivity contribution in [3.05, 3.63) is 29.2 Å². The molecule has 0 aromatic carbocycles. The summed E-state index contributed by atoms with van der Waals surface area (Å²) in [6.45, 7) is 4.77. The van der Waals surface area contributed by atoms with Crippen LogP contribution in [0.15, 0.2) is 12.4 Å². The van der Waals surface area contributed by atoms with Gasteiger partial charge in [0.2, 0.25) is 0 Å². The molecule has 0 aliphatic heterocycles. The van der Waals surface area contributed by atoms with Gasteiger partial charge in [0.1, 0.15) is 23.1 Å². The summed E-state index contributed by atoms with van der Waals surface area (Å²) in [5, 5.41) is 7.88. The second kappa shape index (κ2) is 5.97. The summed E-state index contributed by atoms with van der Waals surface area (Å²) < 4.78 is 1.69. The van der Waals surface area contributed by atoms with Gasteiger partial charge in [0, 0.05) is 32.0 Å². The largest absolute Gasteiger partial charge is 0.369 e. The van der Waals surface area contributed by atoms with Crippen LogP contribution >= 0.6 is 11.6 Å². The molecule has 0 saturated heterocycles. The lowest BCUT2D eigenvalue weighted by atomic mass is 10.2. The molecule has 6 nitrogen and oxygen atoms in total. The second-order valence-electron chi connectivity index (χ2n) is 4.60. The van der Waals surface area contributed by atoms with Crippen LogP contribution in [0, 0.1) is 0 Å². The molecule has 0 aliphatic rings. The molecule has 0 fully saturated rings. The van der Waals surface area contributed by atoms with Crippen molar-refractivity contribution in [2.24, 2.45) is 7.05 Å². The van der Waals surface area contributed by atoms with E-state index in [4.69, 9.17) is 11.6 Å². The number of hydrogen-bond donors (Lipinski definition) is 1. The Hall–Kier alpha value is -1.69. The average molecular weight is 281 g/mol. The first kappa shape index (κ1) is 13.7. The molecule has 102 valence electrons. The van der Waals surface area contributed by atoms with Crippen molar-refractivity contribution < 1.29 is 0 Å². The minimum absolute atomic E-state index is 0.247. The third-order valence-electron chi connectivity index (χ3n) is 2.53. The summed E-state index contributed by atoms with van der Waals surface area (Å²) in [5.41, 5.74) is 0. The lowest BCUT2D eigenvalue weighted by Gasteiger charge is -2.08. The Balaban J connectivity index is 1.95. The molecule has 2 aromatic heterocycles. The molecule has 19 heavy (non-hydrogen) atoms. The monoisotopic (exact) mass is 280 g/mol. The molecular formula is C12H17ClN6. The van der Waals surface area contributed by atoms with Gasteiger partial charge in [-0.2, -0.15) is 5.10 Å². The molecule has 0 radical (unpaired) electrons. The Labute approximate surface area is 117 Å². The van der Waals surface area contributed by atoms with Crippen LogP contribution in [0.1, 0.15) is 31.4 Å². The predicted molar refractivity (Wildman–Crippen MR) is 74.3 cm³/mol. The van der Waals surface area contributed by atoms with E-state index in [0.29, 0.717) is 11.7 Å². The van der Waals surface area contributed by atoms with E-state index in [0.717, 1.165) is 23.9 Å². The second-order valence-corrected chi connectivity index (χ2v) is 4.99. The van der Waals surface area contributed by atoms with Crippen molar-refractivity contribution in [2.75, 3.05) is 11.9 Å². The summed E-state index contributed by atoms with van der Waals surface area (Å²) >= 11 is 5.97. The molecule has 0 spiro atoms. The summed E-state index contributed by atoms with van der Waals surface area (Å²) in [4.78, 5) is 12.8. The fourth-order valence-corrected chi connectivity index (χ4v) is 1.77. The highest BCUT2D eigenvalue weighted by Crippen LogP contribution is 2.16. The highest BCUT2D eigenvalue weighted by atomic mass is 35.5. The summed E-state index contributed by atoms with van der Waals surface area (Å²) in [7, 11) is 1.85. The average Bonchev–Trinajstić information content (AvgIpc) is 2.74. The maximum atomic E-state index is 5.97. The van der Waals surface area contributed by atoms with Gasteiger partial charge in [-0.3, -0.25) is 4.68 Å². The zero-order valence-corrected chi connectivity index (χ0v) is 12.0. The first-order valence-corrected chi connectivity index (χ1v) is 6.55. The van der Waals surface area contributed by atoms with Gasteiger partial charge in [-0.15, -0.1) is 0 Å². The first-order valence-electron chi connectivity index (χ1n) is 6.17. The number of aromatic nitrogens is 5. The SMILES string of the molecule is CC(C)c1nc(Cl)cc(NCCc2ncn(C)n2)n1. The number of anilines is 1. The molecule has 2 rings (SSSR count). The van der Waals surface area contributed by atoms with E-state index < -0.39 is 0 Å². The first-order chi connectivity index (χ1) is 9.04. The number of nitrogens with zero attached hydrogens (tertiary/aromatic N) is 5. The molecule has 0 atom stereocenters. The van der Waals surface area contributed by atoms with Gasteiger partial charge in [-0.25, -0.2) is 15.0 Å². The molecule has 0 amide bonds. The minimum atomic E-state index is 0.247. The minimum Gasteiger partial charge on any atom is -0.369 e. The summed E-state index contributed by atoms with van der Waals surface area (Å²) in [6.07, 6.45) is 2.42. The maximum absolute atomic E-state index is 5.97. The van der Waals surface area contributed by atoms with Crippen molar-refractivity contribution in [2.45, 2.75) is 26.2 Å². The van der Waals surface area contributed by atoms with Gasteiger partial charge in [0.15, 0.2) is 5.82 Å². The zero-order chi connectivity index (χ0) is 13.8. The summed E-state index contributed by atoms with van der Waals surface area (Å²) in [6, 6.07) is 1.72. The van der Waals surface area contributed by atoms with Gasteiger partial charge in [-0.1, -0.05) is 25.4 Å². The van der Waals surface area contributed by atoms with Crippen LogP contribution in [0.3, 0.4) is 0 Å². The molecule has 7 heteroatoms. The predicted octanol–water partition coefficient (Wildman–Crippen LogP) is 2.04. The van der Waals surface area contributed by atoms with E-state index in [1.54, 1.807) is 17.1 Å². The highest BCUT2D eigenvalue weighted by Gasteiger charge is 2.07. The third-order valence-corrected chi connectivity index (χ3v) is 2.72. The molecular weight excluding hydrogens is 264 g/mol. The molecule has 0 aliphatic carbocycles. The quantitative estimate of drug-likeness (QED) is 0.849. The Morgan fingerprint density at radius 2 is 2.16 bits per heavy atom. The van der Waals surface area contributed by atoms with Crippen LogP contribution in [0.4, 0.5) is 5.82 Å². The van der Waals surface area contributed by atoms with Crippen molar-refractivity contribution in [1.29, 1.82) is 0 Å². The van der Waals surface area contributed by atoms with Crippen LogP contribution in [0.25, 0.3) is 0 Å². The fraction of sp³-hybridized carbons (Fsp3) is 0.500. The lowest BCUT2D eigenvalue weighted by Crippen LogP contribution is -2.09.